The number of alkyl halides is 3. The Morgan fingerprint density at radius 3 is 2.17 bits per heavy atom. The van der Waals surface area contributed by atoms with Crippen molar-refractivity contribution >= 4 is 15.7 Å². The SMILES string of the molecule is CCS(=O)(=O)c1ccc(C(=O)N(CC(F)(F)F)C2CCC2)cc1. The van der Waals surface area contributed by atoms with Crippen LogP contribution in [0.1, 0.15) is 36.5 Å². The van der Waals surface area contributed by atoms with Gasteiger partial charge in [-0.2, -0.15) is 13.2 Å². The Hall–Kier alpha value is -1.57. The third-order valence-electron chi connectivity index (χ3n) is 3.97. The third kappa shape index (κ3) is 4.25. The number of nitrogens with zero attached hydrogens (tertiary/aromatic N) is 1. The number of carbonyl (C=O) groups is 1. The van der Waals surface area contributed by atoms with Crippen LogP contribution in [0.3, 0.4) is 0 Å². The van der Waals surface area contributed by atoms with Crippen LogP contribution in [-0.4, -0.2) is 43.7 Å². The largest absolute Gasteiger partial charge is 0.406 e. The lowest BCUT2D eigenvalue weighted by molar-refractivity contribution is -0.147. The molecule has 0 heterocycles. The quantitative estimate of drug-likeness (QED) is 0.821. The van der Waals surface area contributed by atoms with Gasteiger partial charge in [-0.05, 0) is 43.5 Å². The third-order valence-corrected chi connectivity index (χ3v) is 5.72. The second-order valence-electron chi connectivity index (χ2n) is 5.56. The summed E-state index contributed by atoms with van der Waals surface area (Å²) in [5, 5.41) is 0. The van der Waals surface area contributed by atoms with Crippen LogP contribution in [0, 0.1) is 0 Å². The smallest absolute Gasteiger partial charge is 0.327 e. The zero-order valence-corrected chi connectivity index (χ0v) is 13.5. The molecule has 8 heteroatoms. The molecule has 128 valence electrons. The summed E-state index contributed by atoms with van der Waals surface area (Å²) in [6.07, 6.45) is -2.54. The Bertz CT molecular complexity index is 664. The summed E-state index contributed by atoms with van der Waals surface area (Å²) in [7, 11) is -3.40. The summed E-state index contributed by atoms with van der Waals surface area (Å²) in [6.45, 7) is 0.210. The molecule has 0 atom stereocenters. The molecule has 4 nitrogen and oxygen atoms in total. The highest BCUT2D eigenvalue weighted by molar-refractivity contribution is 7.91. The van der Waals surface area contributed by atoms with E-state index in [1.54, 1.807) is 0 Å². The topological polar surface area (TPSA) is 54.5 Å². The van der Waals surface area contributed by atoms with E-state index in [-0.39, 0.29) is 16.2 Å². The van der Waals surface area contributed by atoms with E-state index in [1.165, 1.54) is 31.2 Å². The standard InChI is InChI=1S/C15H18F3NO3S/c1-2-23(21,22)13-8-6-11(7-9-13)14(20)19(10-15(16,17)18)12-4-3-5-12/h6-9,12H,2-5,10H2,1H3. The van der Waals surface area contributed by atoms with Crippen LogP contribution in [0.2, 0.25) is 0 Å². The summed E-state index contributed by atoms with van der Waals surface area (Å²) in [6, 6.07) is 4.67. The molecule has 0 radical (unpaired) electrons. The lowest BCUT2D eigenvalue weighted by Gasteiger charge is -2.38. The van der Waals surface area contributed by atoms with E-state index < -0.39 is 34.5 Å². The van der Waals surface area contributed by atoms with Gasteiger partial charge in [-0.15, -0.1) is 0 Å². The van der Waals surface area contributed by atoms with Gasteiger partial charge in [0.25, 0.3) is 5.91 Å². The highest BCUT2D eigenvalue weighted by atomic mass is 32.2. The fourth-order valence-electron chi connectivity index (χ4n) is 2.40. The monoisotopic (exact) mass is 349 g/mol. The highest BCUT2D eigenvalue weighted by Crippen LogP contribution is 2.29. The number of rotatable bonds is 5. The second kappa shape index (κ2) is 6.51. The number of hydrogen-bond acceptors (Lipinski definition) is 3. The molecule has 23 heavy (non-hydrogen) atoms. The van der Waals surface area contributed by atoms with Crippen LogP contribution in [0.5, 0.6) is 0 Å². The van der Waals surface area contributed by atoms with Crippen molar-refractivity contribution in [3.05, 3.63) is 29.8 Å². The van der Waals surface area contributed by atoms with Gasteiger partial charge in [0.2, 0.25) is 0 Å². The van der Waals surface area contributed by atoms with Crippen molar-refractivity contribution in [1.82, 2.24) is 4.90 Å². The Kier molecular flexibility index (Phi) is 5.03. The predicted octanol–water partition coefficient (Wildman–Crippen LogP) is 3.04. The van der Waals surface area contributed by atoms with Crippen LogP contribution in [-0.2, 0) is 9.84 Å². The normalized spacial score (nSPS) is 16.0. The minimum absolute atomic E-state index is 0.0579. The summed E-state index contributed by atoms with van der Waals surface area (Å²) in [5.41, 5.74) is 0.0659. The van der Waals surface area contributed by atoms with Gasteiger partial charge in [-0.25, -0.2) is 8.42 Å². The van der Waals surface area contributed by atoms with Crippen molar-refractivity contribution in [2.75, 3.05) is 12.3 Å². The molecule has 0 unspecified atom stereocenters. The first-order valence-corrected chi connectivity index (χ1v) is 9.00. The number of halogens is 3. The molecule has 0 saturated heterocycles. The number of sulfone groups is 1. The molecule has 1 amide bonds. The molecule has 0 spiro atoms. The number of hydrogen-bond donors (Lipinski definition) is 0. The maximum absolute atomic E-state index is 12.7. The highest BCUT2D eigenvalue weighted by Gasteiger charge is 2.38. The minimum Gasteiger partial charge on any atom is -0.327 e. The van der Waals surface area contributed by atoms with Gasteiger partial charge >= 0.3 is 6.18 Å². The van der Waals surface area contributed by atoms with Crippen molar-refractivity contribution in [1.29, 1.82) is 0 Å². The first kappa shape index (κ1) is 17.8. The van der Waals surface area contributed by atoms with Crippen molar-refractivity contribution in [3.8, 4) is 0 Å². The number of carbonyl (C=O) groups excluding carboxylic acids is 1. The zero-order chi connectivity index (χ0) is 17.3. The molecule has 1 aromatic carbocycles. The molecule has 0 aliphatic heterocycles. The van der Waals surface area contributed by atoms with Crippen molar-refractivity contribution in [3.63, 3.8) is 0 Å². The molecular weight excluding hydrogens is 331 g/mol. The van der Waals surface area contributed by atoms with Crippen LogP contribution in [0.25, 0.3) is 0 Å². The Morgan fingerprint density at radius 1 is 1.22 bits per heavy atom. The Balaban J connectivity index is 2.22. The summed E-state index contributed by atoms with van der Waals surface area (Å²) in [5.74, 6) is -0.796. The van der Waals surface area contributed by atoms with Crippen LogP contribution in [0.15, 0.2) is 29.2 Å². The molecule has 0 bridgehead atoms. The second-order valence-corrected chi connectivity index (χ2v) is 7.84. The van der Waals surface area contributed by atoms with E-state index >= 15 is 0 Å². The zero-order valence-electron chi connectivity index (χ0n) is 12.6. The fourth-order valence-corrected chi connectivity index (χ4v) is 3.28. The lowest BCUT2D eigenvalue weighted by atomic mass is 9.91. The molecule has 1 aromatic rings. The number of benzene rings is 1. The molecule has 1 fully saturated rings. The minimum atomic E-state index is -4.46. The van der Waals surface area contributed by atoms with Gasteiger partial charge in [0, 0.05) is 11.6 Å². The molecule has 2 rings (SSSR count). The summed E-state index contributed by atoms with van der Waals surface area (Å²) < 4.78 is 61.5. The maximum Gasteiger partial charge on any atom is 0.406 e. The average molecular weight is 349 g/mol. The van der Waals surface area contributed by atoms with Gasteiger partial charge in [0.05, 0.1) is 10.6 Å². The summed E-state index contributed by atoms with van der Waals surface area (Å²) >= 11 is 0. The van der Waals surface area contributed by atoms with Gasteiger partial charge < -0.3 is 4.90 Å². The van der Waals surface area contributed by atoms with E-state index in [4.69, 9.17) is 0 Å². The first-order chi connectivity index (χ1) is 10.6. The van der Waals surface area contributed by atoms with Gasteiger partial charge in [0.15, 0.2) is 9.84 Å². The van der Waals surface area contributed by atoms with Crippen LogP contribution >= 0.6 is 0 Å². The number of amides is 1. The molecule has 1 saturated carbocycles. The first-order valence-electron chi connectivity index (χ1n) is 7.34. The van der Waals surface area contributed by atoms with Crippen LogP contribution in [0.4, 0.5) is 13.2 Å². The average Bonchev–Trinajstić information content (AvgIpc) is 2.42. The van der Waals surface area contributed by atoms with E-state index in [0.717, 1.165) is 11.3 Å². The molecule has 0 aromatic heterocycles. The van der Waals surface area contributed by atoms with E-state index in [2.05, 4.69) is 0 Å². The molecule has 1 aliphatic carbocycles. The predicted molar refractivity (Wildman–Crippen MR) is 78.9 cm³/mol. The molecule has 0 N–H and O–H groups in total. The summed E-state index contributed by atoms with van der Waals surface area (Å²) in [4.78, 5) is 13.3. The lowest BCUT2D eigenvalue weighted by Crippen LogP contribution is -2.48. The van der Waals surface area contributed by atoms with Crippen LogP contribution < -0.4 is 0 Å². The van der Waals surface area contributed by atoms with Crippen molar-refractivity contribution in [2.45, 2.75) is 43.3 Å². The fraction of sp³-hybridized carbons (Fsp3) is 0.533. The van der Waals surface area contributed by atoms with E-state index in [0.29, 0.717) is 12.8 Å². The van der Waals surface area contributed by atoms with Gasteiger partial charge in [-0.1, -0.05) is 6.92 Å². The molecule has 1 aliphatic rings. The van der Waals surface area contributed by atoms with Crippen molar-refractivity contribution < 1.29 is 26.4 Å². The van der Waals surface area contributed by atoms with Gasteiger partial charge in [0.1, 0.15) is 6.54 Å². The van der Waals surface area contributed by atoms with E-state index in [9.17, 15) is 26.4 Å². The Labute approximate surface area is 133 Å². The van der Waals surface area contributed by atoms with E-state index in [1.807, 2.05) is 0 Å². The van der Waals surface area contributed by atoms with Crippen molar-refractivity contribution in [2.24, 2.45) is 0 Å². The van der Waals surface area contributed by atoms with Gasteiger partial charge in [-0.3, -0.25) is 4.79 Å². The maximum atomic E-state index is 12.7. The Morgan fingerprint density at radius 2 is 1.78 bits per heavy atom. The molecular formula is C15H18F3NO3S.